The summed E-state index contributed by atoms with van der Waals surface area (Å²) in [5, 5.41) is 19.0. The van der Waals surface area contributed by atoms with E-state index >= 15 is 0 Å². The standard InChI is InChI=1S/C46H76NO11P/c1-3-5-7-9-11-13-14-15-16-17-18-19-20-22-24-28-33-37-45(50)58-42(39-56-59(53,54)57-40-43(47)46(51)52)38-55-44(49)36-32-29-25-27-31-35-41(48)34-30-26-23-21-12-10-8-6-4-2/h11-13,15-16,18-19,21,25-27,30-31,35,41-43,48H,3-10,14,17,20,22-24,28-29,32-34,36-40,47H2,1-2H3,(H,51,52)(H,53,54)/b13-11-,16-15-,19-18-,21-12-,27-25+,30-26-,35-31-/t41?,42-,43+/m1/s1. The third-order valence-corrected chi connectivity index (χ3v) is 9.65. The molecule has 0 aromatic rings. The van der Waals surface area contributed by atoms with E-state index in [1.807, 2.05) is 18.2 Å². The molecule has 5 N–H and O–H groups in total. The quantitative estimate of drug-likeness (QED) is 0.0151. The molecule has 0 aromatic heterocycles. The Labute approximate surface area is 355 Å². The van der Waals surface area contributed by atoms with Gasteiger partial charge in [-0.3, -0.25) is 23.4 Å². The summed E-state index contributed by atoms with van der Waals surface area (Å²) < 4.78 is 32.6. The number of unbranched alkanes of at least 4 members (excludes halogenated alkanes) is 11. The normalized spacial score (nSPS) is 15.1. The van der Waals surface area contributed by atoms with E-state index in [4.69, 9.17) is 24.8 Å². The molecule has 0 aliphatic heterocycles. The summed E-state index contributed by atoms with van der Waals surface area (Å²) in [6, 6.07) is -1.55. The van der Waals surface area contributed by atoms with Gasteiger partial charge < -0.3 is 30.3 Å². The number of carboxylic acids is 1. The number of aliphatic hydroxyl groups is 1. The maximum atomic E-state index is 12.6. The molecule has 0 saturated carbocycles. The number of nitrogens with two attached hydrogens (primary N) is 1. The fraction of sp³-hybridized carbons (Fsp3) is 0.630. The van der Waals surface area contributed by atoms with Crippen LogP contribution in [-0.2, 0) is 37.5 Å². The van der Waals surface area contributed by atoms with Gasteiger partial charge in [0.1, 0.15) is 12.6 Å². The minimum absolute atomic E-state index is 0.0769. The number of aliphatic hydroxyl groups excluding tert-OH is 1. The maximum Gasteiger partial charge on any atom is 0.472 e. The van der Waals surface area contributed by atoms with Gasteiger partial charge in [-0.05, 0) is 83.5 Å². The first-order valence-corrected chi connectivity index (χ1v) is 23.2. The Balaban J connectivity index is 4.61. The second-order valence-corrected chi connectivity index (χ2v) is 15.8. The smallest absolute Gasteiger partial charge is 0.472 e. The van der Waals surface area contributed by atoms with Gasteiger partial charge in [0, 0.05) is 12.8 Å². The molecule has 0 amide bonds. The van der Waals surface area contributed by atoms with Crippen molar-refractivity contribution < 1.29 is 52.6 Å². The lowest BCUT2D eigenvalue weighted by Gasteiger charge is -2.20. The van der Waals surface area contributed by atoms with Gasteiger partial charge in [0.15, 0.2) is 6.10 Å². The first kappa shape index (κ1) is 55.6. The lowest BCUT2D eigenvalue weighted by atomic mass is 10.1. The molecule has 0 aliphatic carbocycles. The highest BCUT2D eigenvalue weighted by molar-refractivity contribution is 7.47. The highest BCUT2D eigenvalue weighted by atomic mass is 31.2. The highest BCUT2D eigenvalue weighted by Gasteiger charge is 2.28. The predicted molar refractivity (Wildman–Crippen MR) is 236 cm³/mol. The lowest BCUT2D eigenvalue weighted by Crippen LogP contribution is -2.34. The molecule has 0 saturated heterocycles. The molecule has 0 spiro atoms. The molecule has 0 fully saturated rings. The molecule has 0 radical (unpaired) electrons. The number of rotatable bonds is 39. The minimum atomic E-state index is -4.76. The van der Waals surface area contributed by atoms with Crippen LogP contribution in [0.25, 0.3) is 0 Å². The number of phosphoric ester groups is 1. The number of carboxylic acid groups (broad SMARTS) is 1. The van der Waals surface area contributed by atoms with Crippen LogP contribution in [0.4, 0.5) is 0 Å². The predicted octanol–water partition coefficient (Wildman–Crippen LogP) is 10.5. The Morgan fingerprint density at radius 3 is 1.71 bits per heavy atom. The Hall–Kier alpha value is -3.38. The molecule has 4 atom stereocenters. The van der Waals surface area contributed by atoms with Gasteiger partial charge in [-0.15, -0.1) is 0 Å². The van der Waals surface area contributed by atoms with E-state index in [1.165, 1.54) is 38.5 Å². The van der Waals surface area contributed by atoms with E-state index in [-0.39, 0.29) is 12.8 Å². The largest absolute Gasteiger partial charge is 0.480 e. The zero-order chi connectivity index (χ0) is 43.7. The van der Waals surface area contributed by atoms with E-state index in [0.29, 0.717) is 25.7 Å². The van der Waals surface area contributed by atoms with Crippen LogP contribution in [-0.4, -0.2) is 71.1 Å². The van der Waals surface area contributed by atoms with Crippen molar-refractivity contribution in [2.75, 3.05) is 19.8 Å². The fourth-order valence-corrected chi connectivity index (χ4v) is 5.98. The molecule has 13 heteroatoms. The zero-order valence-electron chi connectivity index (χ0n) is 35.9. The van der Waals surface area contributed by atoms with E-state index in [9.17, 15) is 28.9 Å². The number of carbonyl (C=O) groups excluding carboxylic acids is 2. The van der Waals surface area contributed by atoms with Gasteiger partial charge in [0.2, 0.25) is 0 Å². The number of allylic oxidation sites excluding steroid dienone is 12. The van der Waals surface area contributed by atoms with Crippen LogP contribution in [0.5, 0.6) is 0 Å². The molecular weight excluding hydrogens is 773 g/mol. The summed E-state index contributed by atoms with van der Waals surface area (Å²) in [5.41, 5.74) is 5.32. The third-order valence-electron chi connectivity index (χ3n) is 8.70. The van der Waals surface area contributed by atoms with Gasteiger partial charge in [-0.2, -0.15) is 0 Å². The monoisotopic (exact) mass is 850 g/mol. The Morgan fingerprint density at radius 2 is 1.12 bits per heavy atom. The fourth-order valence-electron chi connectivity index (χ4n) is 5.20. The van der Waals surface area contributed by atoms with Gasteiger partial charge in [-0.25, -0.2) is 4.57 Å². The lowest BCUT2D eigenvalue weighted by molar-refractivity contribution is -0.161. The number of esters is 2. The van der Waals surface area contributed by atoms with E-state index in [2.05, 4.69) is 67.0 Å². The summed E-state index contributed by atoms with van der Waals surface area (Å²) in [7, 11) is -4.76. The molecule has 336 valence electrons. The van der Waals surface area contributed by atoms with Crippen molar-refractivity contribution in [1.82, 2.24) is 0 Å². The Morgan fingerprint density at radius 1 is 0.610 bits per heavy atom. The SMILES string of the molecule is CCCCC/C=C\C/C=C\C/C=C\CCCCCCC(=O)O[C@H](COC(=O)CCC/C=C/C=C\C(O)C/C=C\C/C=C\CCCCC)COP(=O)(O)OC[C@H](N)C(=O)O. The van der Waals surface area contributed by atoms with E-state index in [1.54, 1.807) is 18.2 Å². The summed E-state index contributed by atoms with van der Waals surface area (Å²) in [4.78, 5) is 45.9. The molecule has 0 aliphatic rings. The van der Waals surface area contributed by atoms with E-state index in [0.717, 1.165) is 57.8 Å². The Bertz CT molecular complexity index is 1340. The van der Waals surface area contributed by atoms with Gasteiger partial charge in [-0.1, -0.05) is 137 Å². The van der Waals surface area contributed by atoms with Crippen LogP contribution >= 0.6 is 7.82 Å². The second kappa shape index (κ2) is 40.0. The van der Waals surface area contributed by atoms with Crippen LogP contribution in [0, 0.1) is 0 Å². The molecular formula is C46H76NO11P. The van der Waals surface area contributed by atoms with Crippen molar-refractivity contribution in [2.45, 2.75) is 167 Å². The number of hydrogen-bond acceptors (Lipinski definition) is 10. The molecule has 0 aromatic carbocycles. The number of carbonyl (C=O) groups is 3. The molecule has 0 heterocycles. The number of ether oxygens (including phenoxy) is 2. The van der Waals surface area contributed by atoms with Gasteiger partial charge >= 0.3 is 25.7 Å². The van der Waals surface area contributed by atoms with Gasteiger partial charge in [0.05, 0.1) is 19.3 Å². The molecule has 12 nitrogen and oxygen atoms in total. The maximum absolute atomic E-state index is 12.6. The summed E-state index contributed by atoms with van der Waals surface area (Å²) in [6.45, 7) is 2.55. The van der Waals surface area contributed by atoms with Crippen LogP contribution in [0.3, 0.4) is 0 Å². The summed E-state index contributed by atoms with van der Waals surface area (Å²) in [5.74, 6) is -2.57. The third kappa shape index (κ3) is 39.8. The van der Waals surface area contributed by atoms with Crippen LogP contribution in [0.2, 0.25) is 0 Å². The second-order valence-electron chi connectivity index (χ2n) is 14.3. The average molecular weight is 850 g/mol. The first-order chi connectivity index (χ1) is 28.5. The minimum Gasteiger partial charge on any atom is -0.480 e. The topological polar surface area (TPSA) is 192 Å². The van der Waals surface area contributed by atoms with Crippen molar-refractivity contribution in [2.24, 2.45) is 5.73 Å². The number of phosphoric acid groups is 1. The Kier molecular flexibility index (Phi) is 37.8. The van der Waals surface area contributed by atoms with Crippen molar-refractivity contribution in [3.63, 3.8) is 0 Å². The number of hydrogen-bond donors (Lipinski definition) is 4. The zero-order valence-corrected chi connectivity index (χ0v) is 36.8. The van der Waals surface area contributed by atoms with Crippen molar-refractivity contribution in [3.05, 3.63) is 85.1 Å². The molecule has 59 heavy (non-hydrogen) atoms. The van der Waals surface area contributed by atoms with Crippen LogP contribution < -0.4 is 5.73 Å². The highest BCUT2D eigenvalue weighted by Crippen LogP contribution is 2.43. The van der Waals surface area contributed by atoms with Crippen molar-refractivity contribution in [3.8, 4) is 0 Å². The van der Waals surface area contributed by atoms with Crippen molar-refractivity contribution in [1.29, 1.82) is 0 Å². The molecule has 2 unspecified atom stereocenters. The van der Waals surface area contributed by atoms with E-state index < -0.39 is 63.8 Å². The molecule has 0 bridgehead atoms. The van der Waals surface area contributed by atoms with Crippen LogP contribution in [0.1, 0.15) is 149 Å². The number of aliphatic carboxylic acids is 1. The average Bonchev–Trinajstić information content (AvgIpc) is 3.21. The first-order valence-electron chi connectivity index (χ1n) is 21.7. The summed E-state index contributed by atoms with van der Waals surface area (Å²) >= 11 is 0. The summed E-state index contributed by atoms with van der Waals surface area (Å²) in [6.07, 6.45) is 45.3. The van der Waals surface area contributed by atoms with Gasteiger partial charge in [0.25, 0.3) is 0 Å². The van der Waals surface area contributed by atoms with Crippen LogP contribution in [0.15, 0.2) is 85.1 Å². The molecule has 0 rings (SSSR count). The van der Waals surface area contributed by atoms with Crippen molar-refractivity contribution >= 4 is 25.7 Å².